The maximum absolute atomic E-state index is 13.8. The predicted octanol–water partition coefficient (Wildman–Crippen LogP) is 6.98. The Balaban J connectivity index is 0.00000124. The van der Waals surface area contributed by atoms with Gasteiger partial charge in [0.05, 0.1) is 11.4 Å². The fourth-order valence-corrected chi connectivity index (χ4v) is 5.07. The number of hydrogen-bond donors (Lipinski definition) is 2. The molecule has 264 valence electrons. The lowest BCUT2D eigenvalue weighted by atomic mass is 10.1. The minimum atomic E-state index is -1.82. The molecule has 0 fully saturated rings. The largest absolute Gasteiger partial charge is 0.350 e. The Bertz CT molecular complexity index is 1520. The number of carbonyl (C=O) groups excluding carboxylic acids is 1. The highest BCUT2D eigenvalue weighted by Crippen LogP contribution is 2.21. The van der Waals surface area contributed by atoms with Gasteiger partial charge in [-0.25, -0.2) is 13.8 Å². The van der Waals surface area contributed by atoms with Crippen LogP contribution in [0.5, 0.6) is 0 Å². The van der Waals surface area contributed by atoms with Crippen LogP contribution in [0.3, 0.4) is 0 Å². The van der Waals surface area contributed by atoms with E-state index in [2.05, 4.69) is 57.8 Å². The first-order valence-corrected chi connectivity index (χ1v) is 17.5. The van der Waals surface area contributed by atoms with Gasteiger partial charge in [0.15, 0.2) is 17.5 Å². The Hall–Kier alpha value is -3.97. The van der Waals surface area contributed by atoms with Gasteiger partial charge in [0.2, 0.25) is 5.91 Å². The summed E-state index contributed by atoms with van der Waals surface area (Å²) >= 11 is 1.39. The number of aromatic nitrogens is 3. The van der Waals surface area contributed by atoms with Gasteiger partial charge < -0.3 is 20.1 Å². The van der Waals surface area contributed by atoms with Crippen molar-refractivity contribution in [2.24, 2.45) is 10.1 Å². The average molecular weight is 686 g/mol. The quantitative estimate of drug-likeness (QED) is 0.250. The molecule has 1 aliphatic heterocycles. The summed E-state index contributed by atoms with van der Waals surface area (Å²) in [5.41, 5.74) is 4.07. The number of amides is 1. The van der Waals surface area contributed by atoms with E-state index in [0.29, 0.717) is 23.4 Å². The maximum Gasteiger partial charge on any atom is 0.241 e. The number of unbranched alkanes of at least 4 members (excludes halogenated alkanes) is 1. The van der Waals surface area contributed by atoms with Gasteiger partial charge in [0.25, 0.3) is 0 Å². The maximum atomic E-state index is 13.8. The summed E-state index contributed by atoms with van der Waals surface area (Å²) in [5.74, 6) is -0.503. The summed E-state index contributed by atoms with van der Waals surface area (Å²) in [5, 5.41) is 13.1. The highest BCUT2D eigenvalue weighted by Gasteiger charge is 2.15. The van der Waals surface area contributed by atoms with Crippen LogP contribution in [0, 0.1) is 6.92 Å². The van der Waals surface area contributed by atoms with E-state index in [4.69, 9.17) is 4.98 Å². The molecule has 4 rings (SSSR count). The number of anilines is 2. The van der Waals surface area contributed by atoms with Crippen LogP contribution in [0.4, 0.5) is 19.6 Å². The van der Waals surface area contributed by atoms with Crippen molar-refractivity contribution in [1.82, 2.24) is 29.2 Å². The normalized spacial score (nSPS) is 16.1. The number of nitrogens with one attached hydrogen (secondary N) is 2. The molecule has 2 N–H and O–H groups in total. The fraction of sp³-hybridized carbons (Fsp3) is 0.514. The Morgan fingerprint density at radius 1 is 1.23 bits per heavy atom. The third-order valence-corrected chi connectivity index (χ3v) is 7.86. The second-order valence-corrected chi connectivity index (χ2v) is 11.9. The van der Waals surface area contributed by atoms with Crippen LogP contribution in [0.1, 0.15) is 71.7 Å². The number of aryl methyl sites for hydroxylation is 1. The first kappa shape index (κ1) is 40.2. The molecule has 0 saturated heterocycles. The van der Waals surface area contributed by atoms with Crippen molar-refractivity contribution in [2.45, 2.75) is 86.5 Å². The first-order valence-electron chi connectivity index (χ1n) is 16.7. The van der Waals surface area contributed by atoms with E-state index in [-0.39, 0.29) is 19.0 Å². The molecule has 1 atom stereocenters. The van der Waals surface area contributed by atoms with Gasteiger partial charge in [-0.1, -0.05) is 59.6 Å². The molecule has 0 aromatic carbocycles. The number of rotatable bonds is 12. The summed E-state index contributed by atoms with van der Waals surface area (Å²) in [6.07, 6.45) is 13.2. The second kappa shape index (κ2) is 21.8. The zero-order valence-electron chi connectivity index (χ0n) is 29.8. The fourth-order valence-electron chi connectivity index (χ4n) is 4.41. The number of carbonyl (C=O) groups is 1. The average Bonchev–Trinajstić information content (AvgIpc) is 3.29. The van der Waals surface area contributed by atoms with Crippen LogP contribution in [0.2, 0.25) is 0 Å². The summed E-state index contributed by atoms with van der Waals surface area (Å²) in [7, 11) is 3.79. The van der Waals surface area contributed by atoms with Crippen LogP contribution < -0.4 is 16.1 Å². The lowest BCUT2D eigenvalue weighted by Crippen LogP contribution is -2.34. The molecule has 1 amide bonds. The smallest absolute Gasteiger partial charge is 0.241 e. The number of halogens is 2. The van der Waals surface area contributed by atoms with Crippen molar-refractivity contribution in [1.29, 1.82) is 0 Å². The van der Waals surface area contributed by atoms with Gasteiger partial charge in [-0.05, 0) is 74.3 Å². The molecule has 1 unspecified atom stereocenters. The Morgan fingerprint density at radius 2 is 1.98 bits per heavy atom. The van der Waals surface area contributed by atoms with Crippen LogP contribution in [-0.4, -0.2) is 75.9 Å². The Labute approximate surface area is 288 Å². The van der Waals surface area contributed by atoms with Crippen molar-refractivity contribution in [3.8, 4) is 0 Å². The van der Waals surface area contributed by atoms with E-state index >= 15 is 0 Å². The van der Waals surface area contributed by atoms with Gasteiger partial charge in [-0.15, -0.1) is 0 Å². The van der Waals surface area contributed by atoms with Crippen molar-refractivity contribution < 1.29 is 13.6 Å². The van der Waals surface area contributed by atoms with Gasteiger partial charge in [-0.3, -0.25) is 14.8 Å². The lowest BCUT2D eigenvalue weighted by molar-refractivity contribution is -0.121. The van der Waals surface area contributed by atoms with Gasteiger partial charge in [0.1, 0.15) is 17.4 Å². The first-order chi connectivity index (χ1) is 23.1. The SMILES string of the molecule is CC.CCCC.CCN(C)Cc1cc(Nc2nc(C)cn(CC3=CN(CC(=O)NCC4=CC(F)C(F)=CC=C4)N=CCC3)c2=NC)sn1. The predicted molar refractivity (Wildman–Crippen MR) is 195 cm³/mol. The van der Waals surface area contributed by atoms with E-state index in [9.17, 15) is 13.6 Å². The molecule has 1 aliphatic carbocycles. The topological polar surface area (TPSA) is 103 Å². The van der Waals surface area contributed by atoms with Gasteiger partial charge >= 0.3 is 0 Å². The minimum absolute atomic E-state index is 0.0125. The van der Waals surface area contributed by atoms with Crippen LogP contribution in [0.15, 0.2) is 69.8 Å². The molecule has 2 aromatic rings. The second-order valence-electron chi connectivity index (χ2n) is 11.1. The molecular formula is C35H53F2N9OS. The Morgan fingerprint density at radius 3 is 2.67 bits per heavy atom. The zero-order valence-corrected chi connectivity index (χ0v) is 30.6. The molecule has 0 radical (unpaired) electrons. The summed E-state index contributed by atoms with van der Waals surface area (Å²) in [6, 6.07) is 2.03. The molecule has 48 heavy (non-hydrogen) atoms. The van der Waals surface area contributed by atoms with Crippen LogP contribution in [0.25, 0.3) is 0 Å². The van der Waals surface area contributed by atoms with Crippen LogP contribution in [-0.2, 0) is 17.9 Å². The van der Waals surface area contributed by atoms with Gasteiger partial charge in [0, 0.05) is 45.3 Å². The number of alkyl halides is 1. The molecule has 13 heteroatoms. The van der Waals surface area contributed by atoms with Crippen LogP contribution >= 0.6 is 11.5 Å². The minimum Gasteiger partial charge on any atom is -0.350 e. The summed E-state index contributed by atoms with van der Waals surface area (Å²) < 4.78 is 33.8. The summed E-state index contributed by atoms with van der Waals surface area (Å²) in [6.45, 7) is 14.7. The number of nitrogens with zero attached hydrogens (tertiary/aromatic N) is 7. The zero-order chi connectivity index (χ0) is 35.5. The molecule has 2 aliphatic rings. The van der Waals surface area contributed by atoms with E-state index in [1.54, 1.807) is 24.3 Å². The third kappa shape index (κ3) is 13.6. The molecule has 2 aromatic heterocycles. The van der Waals surface area contributed by atoms with Crippen molar-refractivity contribution in [2.75, 3.05) is 39.0 Å². The number of hydrazone groups is 1. The van der Waals surface area contributed by atoms with Crippen molar-refractivity contribution >= 4 is 34.5 Å². The third-order valence-electron chi connectivity index (χ3n) is 7.11. The molecule has 0 saturated carbocycles. The van der Waals surface area contributed by atoms with E-state index in [1.807, 2.05) is 43.8 Å². The van der Waals surface area contributed by atoms with E-state index < -0.39 is 12.0 Å². The lowest BCUT2D eigenvalue weighted by Gasteiger charge is -2.17. The van der Waals surface area contributed by atoms with E-state index in [1.165, 1.54) is 30.5 Å². The monoisotopic (exact) mass is 685 g/mol. The molecular weight excluding hydrogens is 633 g/mol. The Kier molecular flexibility index (Phi) is 18.3. The number of allylic oxidation sites excluding steroid dienone is 5. The molecule has 0 bridgehead atoms. The molecule has 10 nitrogen and oxygen atoms in total. The highest BCUT2D eigenvalue weighted by molar-refractivity contribution is 7.10. The van der Waals surface area contributed by atoms with E-state index in [0.717, 1.165) is 60.0 Å². The highest BCUT2D eigenvalue weighted by atomic mass is 32.1. The number of hydrogen-bond acceptors (Lipinski definition) is 9. The summed E-state index contributed by atoms with van der Waals surface area (Å²) in [4.78, 5) is 24.1. The standard InChI is InChI=1S/C29H37F2N9OS.C4H10.C2H6/c1-5-38(4)18-23-13-27(42-37-23)36-28-29(32-3)39(15-20(2)35-28)16-22-9-7-11-34-40(17-22)19-26(41)33-14-21-8-6-10-24(30)25(31)12-21;1-3-4-2;1-2/h6,8,10-13,15,17,25H,5,7,9,14,16,18-19H2,1-4H3,(H,33,41)(H,35,36);3-4H2,1-2H3;1-2H3. The van der Waals surface area contributed by atoms with Crippen molar-refractivity contribution in [3.63, 3.8) is 0 Å². The molecule has 0 spiro atoms. The van der Waals surface area contributed by atoms with Crippen molar-refractivity contribution in [3.05, 3.63) is 76.6 Å². The molecule has 3 heterocycles. The van der Waals surface area contributed by atoms with Gasteiger partial charge in [-0.2, -0.15) is 9.47 Å².